The van der Waals surface area contributed by atoms with E-state index in [2.05, 4.69) is 9.97 Å². The predicted molar refractivity (Wildman–Crippen MR) is 83.3 cm³/mol. The van der Waals surface area contributed by atoms with E-state index in [-0.39, 0.29) is 23.7 Å². The second-order valence-corrected chi connectivity index (χ2v) is 6.24. The molecule has 2 amide bonds. The van der Waals surface area contributed by atoms with Crippen molar-refractivity contribution in [3.05, 3.63) is 54.1 Å². The predicted octanol–water partition coefficient (Wildman–Crippen LogP) is 1.14. The second kappa shape index (κ2) is 5.53. The van der Waals surface area contributed by atoms with Crippen LogP contribution >= 0.6 is 0 Å². The van der Waals surface area contributed by atoms with Crippen molar-refractivity contribution in [2.24, 2.45) is 11.8 Å². The molecule has 2 saturated heterocycles. The number of aromatic nitrogens is 2. The number of nitrogens with zero attached hydrogens (tertiary/aromatic N) is 3. The number of rotatable bonds is 3. The molecule has 0 spiro atoms. The Bertz CT molecular complexity index is 713. The number of hydrogen-bond acceptors (Lipinski definition) is 3. The van der Waals surface area contributed by atoms with Gasteiger partial charge in [0.2, 0.25) is 5.91 Å². The van der Waals surface area contributed by atoms with Crippen molar-refractivity contribution in [2.45, 2.75) is 6.54 Å². The lowest BCUT2D eigenvalue weighted by atomic mass is 10.0. The maximum absolute atomic E-state index is 12.6. The standard InChI is InChI=1S/C17H18N4O2/c22-16-14-11-21(17(23)15-4-2-6-19-15)10-13(14)9-20(16)8-12-3-1-5-18-7-12/h1-7,13-14,19H,8-11H2/t13-,14+/m1/s1. The van der Waals surface area contributed by atoms with E-state index in [4.69, 9.17) is 0 Å². The fourth-order valence-electron chi connectivity index (χ4n) is 3.60. The number of H-pyrrole nitrogens is 1. The summed E-state index contributed by atoms with van der Waals surface area (Å²) in [6.07, 6.45) is 5.27. The molecule has 2 aliphatic rings. The number of pyridine rings is 1. The van der Waals surface area contributed by atoms with E-state index in [1.807, 2.05) is 23.1 Å². The lowest BCUT2D eigenvalue weighted by molar-refractivity contribution is -0.131. The molecule has 6 heteroatoms. The van der Waals surface area contributed by atoms with Gasteiger partial charge in [-0.15, -0.1) is 0 Å². The van der Waals surface area contributed by atoms with Crippen LogP contribution in [0.2, 0.25) is 0 Å². The summed E-state index contributed by atoms with van der Waals surface area (Å²) in [5.41, 5.74) is 1.63. The molecule has 6 nitrogen and oxygen atoms in total. The highest BCUT2D eigenvalue weighted by molar-refractivity contribution is 5.93. The monoisotopic (exact) mass is 310 g/mol. The van der Waals surface area contributed by atoms with Gasteiger partial charge in [0.1, 0.15) is 5.69 Å². The van der Waals surface area contributed by atoms with Gasteiger partial charge in [0.25, 0.3) is 5.91 Å². The maximum atomic E-state index is 12.6. The molecule has 0 bridgehead atoms. The number of aromatic amines is 1. The molecule has 4 rings (SSSR count). The number of carbonyl (C=O) groups excluding carboxylic acids is 2. The van der Waals surface area contributed by atoms with Crippen LogP contribution in [0, 0.1) is 11.8 Å². The highest BCUT2D eigenvalue weighted by Crippen LogP contribution is 2.33. The molecule has 118 valence electrons. The van der Waals surface area contributed by atoms with Crippen molar-refractivity contribution in [3.63, 3.8) is 0 Å². The van der Waals surface area contributed by atoms with Gasteiger partial charge >= 0.3 is 0 Å². The van der Waals surface area contributed by atoms with Crippen LogP contribution in [-0.4, -0.2) is 51.2 Å². The normalized spacial score (nSPS) is 23.4. The van der Waals surface area contributed by atoms with Gasteiger partial charge in [-0.05, 0) is 23.8 Å². The Hall–Kier alpha value is -2.63. The molecule has 0 radical (unpaired) electrons. The van der Waals surface area contributed by atoms with Crippen LogP contribution in [-0.2, 0) is 11.3 Å². The van der Waals surface area contributed by atoms with E-state index in [1.165, 1.54) is 0 Å². The van der Waals surface area contributed by atoms with Crippen LogP contribution in [0.3, 0.4) is 0 Å². The molecule has 2 aliphatic heterocycles. The number of likely N-dealkylation sites (tertiary alicyclic amines) is 2. The van der Waals surface area contributed by atoms with Gasteiger partial charge < -0.3 is 14.8 Å². The molecule has 2 aromatic rings. The third-order valence-corrected chi connectivity index (χ3v) is 4.74. The van der Waals surface area contributed by atoms with Gasteiger partial charge in [0.05, 0.1) is 5.92 Å². The Morgan fingerprint density at radius 2 is 2.17 bits per heavy atom. The SMILES string of the molecule is O=C(c1ccc[nH]1)N1C[C@H]2CN(Cc3cccnc3)C(=O)[C@H]2C1. The van der Waals surface area contributed by atoms with E-state index in [9.17, 15) is 9.59 Å². The van der Waals surface area contributed by atoms with Crippen LogP contribution in [0.4, 0.5) is 0 Å². The molecule has 2 aromatic heterocycles. The highest BCUT2D eigenvalue weighted by Gasteiger charge is 2.47. The number of fused-ring (bicyclic) bond motifs is 1. The Kier molecular flexibility index (Phi) is 3.37. The maximum Gasteiger partial charge on any atom is 0.270 e. The largest absolute Gasteiger partial charge is 0.357 e. The highest BCUT2D eigenvalue weighted by atomic mass is 16.2. The minimum atomic E-state index is -0.0643. The number of nitrogens with one attached hydrogen (secondary N) is 1. The first-order chi connectivity index (χ1) is 11.2. The van der Waals surface area contributed by atoms with Gasteiger partial charge in [-0.2, -0.15) is 0 Å². The fourth-order valence-corrected chi connectivity index (χ4v) is 3.60. The molecule has 2 fully saturated rings. The lowest BCUT2D eigenvalue weighted by Gasteiger charge is -2.21. The summed E-state index contributed by atoms with van der Waals surface area (Å²) in [5.74, 6) is 0.306. The van der Waals surface area contributed by atoms with Crippen LogP contribution in [0.5, 0.6) is 0 Å². The van der Waals surface area contributed by atoms with Crippen LogP contribution < -0.4 is 0 Å². The van der Waals surface area contributed by atoms with E-state index < -0.39 is 0 Å². The first-order valence-corrected chi connectivity index (χ1v) is 7.83. The van der Waals surface area contributed by atoms with Gasteiger partial charge in [-0.3, -0.25) is 14.6 Å². The molecule has 1 N–H and O–H groups in total. The first-order valence-electron chi connectivity index (χ1n) is 7.83. The topological polar surface area (TPSA) is 69.3 Å². The summed E-state index contributed by atoms with van der Waals surface area (Å²) in [4.78, 5) is 35.7. The fraction of sp³-hybridized carbons (Fsp3) is 0.353. The minimum Gasteiger partial charge on any atom is -0.357 e. The molecular formula is C17H18N4O2. The average Bonchev–Trinajstić information content (AvgIpc) is 3.28. The molecule has 2 atom stereocenters. The summed E-state index contributed by atoms with van der Waals surface area (Å²) in [6.45, 7) is 2.49. The quantitative estimate of drug-likeness (QED) is 0.924. The summed E-state index contributed by atoms with van der Waals surface area (Å²) >= 11 is 0. The molecule has 4 heterocycles. The summed E-state index contributed by atoms with van der Waals surface area (Å²) < 4.78 is 0. The van der Waals surface area contributed by atoms with E-state index >= 15 is 0 Å². The van der Waals surface area contributed by atoms with Crippen LogP contribution in [0.1, 0.15) is 16.1 Å². The average molecular weight is 310 g/mol. The van der Waals surface area contributed by atoms with Gasteiger partial charge in [-0.25, -0.2) is 0 Å². The molecule has 0 aliphatic carbocycles. The molecule has 23 heavy (non-hydrogen) atoms. The zero-order valence-electron chi connectivity index (χ0n) is 12.7. The van der Waals surface area contributed by atoms with Gasteiger partial charge in [0.15, 0.2) is 0 Å². The zero-order chi connectivity index (χ0) is 15.8. The van der Waals surface area contributed by atoms with Crippen molar-refractivity contribution in [1.29, 1.82) is 0 Å². The van der Waals surface area contributed by atoms with Crippen molar-refractivity contribution in [3.8, 4) is 0 Å². The third-order valence-electron chi connectivity index (χ3n) is 4.74. The Balaban J connectivity index is 1.42. The second-order valence-electron chi connectivity index (χ2n) is 6.24. The van der Waals surface area contributed by atoms with E-state index in [0.29, 0.717) is 31.9 Å². The lowest BCUT2D eigenvalue weighted by Crippen LogP contribution is -2.35. The van der Waals surface area contributed by atoms with Crippen LogP contribution in [0.25, 0.3) is 0 Å². The summed E-state index contributed by atoms with van der Waals surface area (Å²) in [6, 6.07) is 7.45. The Labute approximate surface area is 134 Å². The number of amides is 2. The van der Waals surface area contributed by atoms with Gasteiger partial charge in [-0.1, -0.05) is 6.07 Å². The Morgan fingerprint density at radius 3 is 2.87 bits per heavy atom. The molecule has 0 unspecified atom stereocenters. The minimum absolute atomic E-state index is 0.0176. The van der Waals surface area contributed by atoms with E-state index in [1.54, 1.807) is 29.6 Å². The van der Waals surface area contributed by atoms with Crippen molar-refractivity contribution in [1.82, 2.24) is 19.8 Å². The number of carbonyl (C=O) groups is 2. The van der Waals surface area contributed by atoms with Crippen molar-refractivity contribution < 1.29 is 9.59 Å². The van der Waals surface area contributed by atoms with Crippen molar-refractivity contribution >= 4 is 11.8 Å². The smallest absolute Gasteiger partial charge is 0.270 e. The molecular weight excluding hydrogens is 292 g/mol. The summed E-state index contributed by atoms with van der Waals surface area (Å²) in [5, 5.41) is 0. The van der Waals surface area contributed by atoms with Crippen molar-refractivity contribution in [2.75, 3.05) is 19.6 Å². The molecule has 0 saturated carbocycles. The molecule has 0 aromatic carbocycles. The third kappa shape index (κ3) is 2.50. The number of hydrogen-bond donors (Lipinski definition) is 1. The first kappa shape index (κ1) is 14.0. The zero-order valence-corrected chi connectivity index (χ0v) is 12.7. The summed E-state index contributed by atoms with van der Waals surface area (Å²) in [7, 11) is 0. The Morgan fingerprint density at radius 1 is 1.26 bits per heavy atom. The van der Waals surface area contributed by atoms with Gasteiger partial charge in [0, 0.05) is 50.7 Å². The van der Waals surface area contributed by atoms with E-state index in [0.717, 1.165) is 5.56 Å². The van der Waals surface area contributed by atoms with Crippen LogP contribution in [0.15, 0.2) is 42.9 Å².